The third-order valence-electron chi connectivity index (χ3n) is 8.89. The van der Waals surface area contributed by atoms with Gasteiger partial charge in [0.2, 0.25) is 0 Å². The monoisotopic (exact) mass is 446 g/mol. The van der Waals surface area contributed by atoms with Gasteiger partial charge < -0.3 is 24.1 Å². The molecule has 32 heavy (non-hydrogen) atoms. The first-order chi connectivity index (χ1) is 15.2. The Kier molecular flexibility index (Phi) is 5.12. The zero-order valence-electron chi connectivity index (χ0n) is 19.2. The van der Waals surface area contributed by atoms with Gasteiger partial charge in [0.25, 0.3) is 0 Å². The molecular weight excluding hydrogens is 412 g/mol. The summed E-state index contributed by atoms with van der Waals surface area (Å²) in [5.41, 5.74) is -1.77. The van der Waals surface area contributed by atoms with E-state index in [0.29, 0.717) is 39.1 Å². The van der Waals surface area contributed by atoms with Crippen LogP contribution in [0.15, 0.2) is 24.0 Å². The molecule has 2 bridgehead atoms. The third kappa shape index (κ3) is 2.90. The van der Waals surface area contributed by atoms with E-state index < -0.39 is 22.8 Å². The second kappa shape index (κ2) is 7.40. The molecule has 0 aromatic heterocycles. The molecule has 1 N–H and O–H groups in total. The van der Waals surface area contributed by atoms with Gasteiger partial charge in [0, 0.05) is 37.5 Å². The quantitative estimate of drug-likeness (QED) is 0.394. The zero-order valence-corrected chi connectivity index (χ0v) is 19.2. The molecule has 7 heteroatoms. The number of fused-ring (bicyclic) bond motifs is 6. The number of hydrogen-bond acceptors (Lipinski definition) is 7. The summed E-state index contributed by atoms with van der Waals surface area (Å²) in [6, 6.07) is 0. The van der Waals surface area contributed by atoms with E-state index in [0.717, 1.165) is 12.8 Å². The highest BCUT2D eigenvalue weighted by molar-refractivity contribution is 5.89. The van der Waals surface area contributed by atoms with Crippen LogP contribution in [0, 0.1) is 22.7 Å². The van der Waals surface area contributed by atoms with E-state index in [-0.39, 0.29) is 35.6 Å². The normalized spacial score (nSPS) is 44.2. The van der Waals surface area contributed by atoms with E-state index in [1.165, 1.54) is 18.8 Å². The molecule has 5 rings (SSSR count). The molecule has 176 valence electrons. The number of Topliss-reactive ketones (excluding diaryl/α,β-unsaturated/α-hetero) is 1. The van der Waals surface area contributed by atoms with E-state index >= 15 is 0 Å². The fraction of sp³-hybridized carbons (Fsp3) is 0.760. The van der Waals surface area contributed by atoms with Crippen molar-refractivity contribution in [2.75, 3.05) is 19.8 Å². The van der Waals surface area contributed by atoms with Crippen LogP contribution in [0.2, 0.25) is 0 Å². The number of rotatable bonds is 5. The highest BCUT2D eigenvalue weighted by Gasteiger charge is 2.73. The van der Waals surface area contributed by atoms with Gasteiger partial charge in [0.15, 0.2) is 5.79 Å². The molecular formula is C25H34O7. The van der Waals surface area contributed by atoms with Gasteiger partial charge in [0.1, 0.15) is 22.9 Å². The average Bonchev–Trinajstić information content (AvgIpc) is 3.31. The molecule has 5 aliphatic rings. The molecule has 2 saturated heterocycles. The summed E-state index contributed by atoms with van der Waals surface area (Å²) < 4.78 is 23.4. The number of carbonyl (C=O) groups is 2. The van der Waals surface area contributed by atoms with Gasteiger partial charge >= 0.3 is 5.97 Å². The molecule has 0 radical (unpaired) electrons. The van der Waals surface area contributed by atoms with Crippen molar-refractivity contribution in [3.05, 3.63) is 24.0 Å². The summed E-state index contributed by atoms with van der Waals surface area (Å²) in [5, 5.41) is 12.3. The Labute approximate surface area is 189 Å². The minimum Gasteiger partial charge on any atom is -0.502 e. The molecule has 6 atom stereocenters. The molecule has 2 aliphatic heterocycles. The summed E-state index contributed by atoms with van der Waals surface area (Å²) in [5.74, 6) is -1.43. The number of ketones is 1. The average molecular weight is 447 g/mol. The molecule has 7 nitrogen and oxygen atoms in total. The summed E-state index contributed by atoms with van der Waals surface area (Å²) in [4.78, 5) is 25.5. The van der Waals surface area contributed by atoms with Crippen molar-refractivity contribution in [1.29, 1.82) is 0 Å². The third-order valence-corrected chi connectivity index (χ3v) is 8.89. The van der Waals surface area contributed by atoms with Crippen LogP contribution in [0.5, 0.6) is 0 Å². The minimum absolute atomic E-state index is 0.0312. The number of hydrogen-bond donors (Lipinski definition) is 1. The largest absolute Gasteiger partial charge is 0.502 e. The van der Waals surface area contributed by atoms with Crippen molar-refractivity contribution in [3.63, 3.8) is 0 Å². The second-order valence-corrected chi connectivity index (χ2v) is 10.5. The number of ether oxygens (including phenoxy) is 4. The molecule has 2 saturated carbocycles. The van der Waals surface area contributed by atoms with Crippen molar-refractivity contribution < 1.29 is 33.6 Å². The Balaban J connectivity index is 1.58. The smallest absolute Gasteiger partial charge is 0.316 e. The fourth-order valence-corrected chi connectivity index (χ4v) is 7.45. The predicted molar refractivity (Wildman–Crippen MR) is 114 cm³/mol. The topological polar surface area (TPSA) is 91.3 Å². The Hall–Kier alpha value is -1.70. The van der Waals surface area contributed by atoms with Gasteiger partial charge in [-0.05, 0) is 38.2 Å². The molecule has 0 aromatic rings. The maximum absolute atomic E-state index is 13.3. The van der Waals surface area contributed by atoms with Crippen LogP contribution in [0.25, 0.3) is 0 Å². The predicted octanol–water partition coefficient (Wildman–Crippen LogP) is 3.06. The van der Waals surface area contributed by atoms with Gasteiger partial charge in [-0.25, -0.2) is 0 Å². The van der Waals surface area contributed by atoms with Gasteiger partial charge in [-0.3, -0.25) is 9.59 Å². The lowest BCUT2D eigenvalue weighted by molar-refractivity contribution is -0.197. The second-order valence-electron chi connectivity index (χ2n) is 10.5. The van der Waals surface area contributed by atoms with Crippen LogP contribution in [0.1, 0.15) is 59.3 Å². The maximum atomic E-state index is 13.3. The molecule has 1 spiro atoms. The summed E-state index contributed by atoms with van der Waals surface area (Å²) in [6.45, 7) is 7.25. The van der Waals surface area contributed by atoms with E-state index in [4.69, 9.17) is 18.9 Å². The van der Waals surface area contributed by atoms with Gasteiger partial charge in [-0.2, -0.15) is 0 Å². The highest BCUT2D eigenvalue weighted by atomic mass is 16.7. The van der Waals surface area contributed by atoms with Crippen LogP contribution in [0.3, 0.4) is 0 Å². The number of esters is 1. The van der Waals surface area contributed by atoms with Crippen LogP contribution in [-0.2, 0) is 28.5 Å². The zero-order chi connectivity index (χ0) is 22.8. The number of aliphatic hydroxyl groups is 1. The Morgan fingerprint density at radius 1 is 1.31 bits per heavy atom. The van der Waals surface area contributed by atoms with Crippen LogP contribution in [0.4, 0.5) is 0 Å². The van der Waals surface area contributed by atoms with Crippen molar-refractivity contribution in [2.45, 2.75) is 76.8 Å². The SMILES string of the molecule is CCO/C=C/[C@]1(O)[C@@H]2CC=C3CC4(CC[C@]3(C)[C@H]2[C@H]2C[C@@]1(CC(C)=O)C(=O)O2)OCCO4. The summed E-state index contributed by atoms with van der Waals surface area (Å²) in [6.07, 6.45) is 8.24. The Morgan fingerprint density at radius 3 is 2.75 bits per heavy atom. The van der Waals surface area contributed by atoms with Crippen molar-refractivity contribution >= 4 is 11.8 Å². The highest BCUT2D eigenvalue weighted by Crippen LogP contribution is 2.67. The van der Waals surface area contributed by atoms with E-state index in [1.807, 2.05) is 6.92 Å². The maximum Gasteiger partial charge on any atom is 0.316 e. The fourth-order valence-electron chi connectivity index (χ4n) is 7.45. The Bertz CT molecular complexity index is 872. The van der Waals surface area contributed by atoms with E-state index in [1.54, 1.807) is 6.08 Å². The van der Waals surface area contributed by atoms with Crippen molar-refractivity contribution in [3.8, 4) is 0 Å². The van der Waals surface area contributed by atoms with Crippen LogP contribution in [-0.4, -0.2) is 54.2 Å². The molecule has 0 unspecified atom stereocenters. The molecule has 4 fully saturated rings. The Morgan fingerprint density at radius 2 is 2.06 bits per heavy atom. The molecule has 2 heterocycles. The molecule has 3 aliphatic carbocycles. The lowest BCUT2D eigenvalue weighted by atomic mass is 9.45. The summed E-state index contributed by atoms with van der Waals surface area (Å²) in [7, 11) is 0. The van der Waals surface area contributed by atoms with E-state index in [9.17, 15) is 14.7 Å². The van der Waals surface area contributed by atoms with E-state index in [2.05, 4.69) is 13.0 Å². The lowest BCUT2D eigenvalue weighted by Crippen LogP contribution is -2.64. The lowest BCUT2D eigenvalue weighted by Gasteiger charge is -2.59. The molecule has 0 amide bonds. The number of carbonyl (C=O) groups excluding carboxylic acids is 2. The minimum atomic E-state index is -1.52. The van der Waals surface area contributed by atoms with Crippen LogP contribution >= 0.6 is 0 Å². The van der Waals surface area contributed by atoms with Gasteiger partial charge in [-0.1, -0.05) is 18.6 Å². The van der Waals surface area contributed by atoms with Crippen LogP contribution < -0.4 is 0 Å². The number of allylic oxidation sites excluding steroid dienone is 1. The van der Waals surface area contributed by atoms with Crippen molar-refractivity contribution in [2.24, 2.45) is 22.7 Å². The van der Waals surface area contributed by atoms with Crippen molar-refractivity contribution in [1.82, 2.24) is 0 Å². The first kappa shape index (κ1) is 22.1. The summed E-state index contributed by atoms with van der Waals surface area (Å²) >= 11 is 0. The van der Waals surface area contributed by atoms with Gasteiger partial charge in [-0.15, -0.1) is 0 Å². The standard InChI is InChI=1S/C25H34O7/c1-4-29-10-9-25(28)18-6-5-17-14-24(30-11-12-31-24)8-7-22(17,3)20(18)19-15-23(25,13-16(2)26)21(27)32-19/h5,9-10,18-20,28H,4,6-8,11-15H2,1-3H3/b10-9+/t18-,19-,20-,22+,23+,25+/m1/s1. The van der Waals surface area contributed by atoms with Gasteiger partial charge in [0.05, 0.1) is 26.1 Å². The first-order valence-corrected chi connectivity index (χ1v) is 11.9. The first-order valence-electron chi connectivity index (χ1n) is 11.9. The molecule has 0 aromatic carbocycles.